The summed E-state index contributed by atoms with van der Waals surface area (Å²) < 4.78 is 34.1. The minimum absolute atomic E-state index is 0.237. The molecule has 12 N–H and O–H groups in total. The Morgan fingerprint density at radius 2 is 0.815 bits per heavy atom. The molecule has 0 bridgehead atoms. The van der Waals surface area contributed by atoms with Crippen LogP contribution in [0.5, 0.6) is 0 Å². The number of ether oxygens (including phenoxy) is 6. The van der Waals surface area contributed by atoms with Crippen LogP contribution in [0.15, 0.2) is 36.5 Å². The number of allylic oxidation sites excluding steroid dienone is 5. The highest BCUT2D eigenvalue weighted by Crippen LogP contribution is 2.33. The lowest BCUT2D eigenvalue weighted by atomic mass is 9.96. The maximum Gasteiger partial charge on any atom is 0.220 e. The molecule has 3 rings (SSSR count). The Balaban J connectivity index is 1.34. The number of aliphatic hydroxyl groups excluding tert-OH is 11. The van der Waals surface area contributed by atoms with Crippen molar-refractivity contribution in [1.82, 2.24) is 5.32 Å². The number of hydrogen-bond acceptors (Lipinski definition) is 18. The number of carbonyl (C=O) groups is 1. The highest BCUT2D eigenvalue weighted by atomic mass is 16.8. The average Bonchev–Trinajstić information content (AvgIpc) is 3.58. The number of unbranched alkanes of at least 4 members (excludes halogenated alkanes) is 27. The van der Waals surface area contributed by atoms with Gasteiger partial charge < -0.3 is 89.9 Å². The minimum Gasteiger partial charge on any atom is -0.394 e. The molecule has 0 aromatic rings. The second-order valence-electron chi connectivity index (χ2n) is 22.9. The zero-order chi connectivity index (χ0) is 59.0. The monoisotopic (exact) mass is 1160 g/mol. The van der Waals surface area contributed by atoms with E-state index in [9.17, 15) is 61.0 Å². The molecule has 0 radical (unpaired) electrons. The van der Waals surface area contributed by atoms with E-state index in [0.29, 0.717) is 12.8 Å². The van der Waals surface area contributed by atoms with Crippen LogP contribution in [0.2, 0.25) is 0 Å². The quantitative estimate of drug-likeness (QED) is 0.0229. The van der Waals surface area contributed by atoms with Crippen molar-refractivity contribution in [2.24, 2.45) is 0 Å². The van der Waals surface area contributed by atoms with E-state index in [2.05, 4.69) is 43.5 Å². The molecular weight excluding hydrogens is 1050 g/mol. The number of aliphatic hydroxyl groups is 11. The Labute approximate surface area is 485 Å². The first kappa shape index (κ1) is 73.3. The molecule has 3 aliphatic rings. The summed E-state index contributed by atoms with van der Waals surface area (Å²) in [5.74, 6) is -0.289. The van der Waals surface area contributed by atoms with Crippen LogP contribution in [-0.4, -0.2) is 193 Å². The van der Waals surface area contributed by atoms with Crippen molar-refractivity contribution in [3.05, 3.63) is 36.5 Å². The lowest BCUT2D eigenvalue weighted by Gasteiger charge is -2.48. The molecule has 81 heavy (non-hydrogen) atoms. The van der Waals surface area contributed by atoms with Crippen molar-refractivity contribution < 1.29 is 89.4 Å². The van der Waals surface area contributed by atoms with Gasteiger partial charge in [0.1, 0.15) is 73.2 Å². The number of amides is 1. The van der Waals surface area contributed by atoms with Gasteiger partial charge in [-0.25, -0.2) is 0 Å². The Bertz CT molecular complexity index is 1620. The molecule has 17 unspecified atom stereocenters. The van der Waals surface area contributed by atoms with E-state index >= 15 is 0 Å². The van der Waals surface area contributed by atoms with Crippen LogP contribution >= 0.6 is 0 Å². The number of carbonyl (C=O) groups excluding carboxylic acids is 1. The van der Waals surface area contributed by atoms with Crippen molar-refractivity contribution in [1.29, 1.82) is 0 Å². The van der Waals surface area contributed by atoms with Crippen LogP contribution in [0.1, 0.15) is 219 Å². The molecule has 0 spiro atoms. The van der Waals surface area contributed by atoms with Crippen molar-refractivity contribution in [3.8, 4) is 0 Å². The van der Waals surface area contributed by atoms with Gasteiger partial charge in [0.05, 0.1) is 38.6 Å². The highest BCUT2D eigenvalue weighted by Gasteiger charge is 2.53. The fourth-order valence-corrected chi connectivity index (χ4v) is 10.7. The van der Waals surface area contributed by atoms with E-state index < -0.39 is 124 Å². The maximum absolute atomic E-state index is 13.3. The molecule has 19 nitrogen and oxygen atoms in total. The standard InChI is InChI=1S/C62H113NO18/c1-3-5-7-9-11-12-13-14-15-16-17-18-19-20-21-22-23-24-25-26-27-28-29-30-31-32-34-36-38-40-50(68)63-45(46(67)39-37-35-33-10-8-6-4-2)44-76-60-56(74)53(71)58(48(42-65)78-60)81-62-57(75)54(72)59(49(43-66)79-62)80-61-55(73)52(70)51(69)47(41-64)77-61/h8,10,16-17,37,39,45-49,51-62,64-67,69-75H,3-7,9,11-15,18-36,38,40-44H2,1-2H3,(H,63,68)/b10-8+,17-16-,39-37+. The highest BCUT2D eigenvalue weighted by molar-refractivity contribution is 5.76. The van der Waals surface area contributed by atoms with E-state index in [1.165, 1.54) is 148 Å². The van der Waals surface area contributed by atoms with Crippen LogP contribution < -0.4 is 5.32 Å². The Kier molecular flexibility index (Phi) is 41.0. The first-order valence-electron chi connectivity index (χ1n) is 31.7. The molecule has 3 heterocycles. The van der Waals surface area contributed by atoms with Gasteiger partial charge in [-0.1, -0.05) is 198 Å². The molecule has 17 atom stereocenters. The van der Waals surface area contributed by atoms with Crippen LogP contribution in [0, 0.1) is 0 Å². The smallest absolute Gasteiger partial charge is 0.220 e. The van der Waals surface area contributed by atoms with Gasteiger partial charge in [0.25, 0.3) is 0 Å². The van der Waals surface area contributed by atoms with Gasteiger partial charge in [0.15, 0.2) is 18.9 Å². The van der Waals surface area contributed by atoms with Crippen LogP contribution in [-0.2, 0) is 33.2 Å². The molecule has 474 valence electrons. The Morgan fingerprint density at radius 1 is 0.432 bits per heavy atom. The molecule has 0 aromatic heterocycles. The van der Waals surface area contributed by atoms with E-state index in [0.717, 1.165) is 38.5 Å². The van der Waals surface area contributed by atoms with Crippen molar-refractivity contribution in [2.45, 2.75) is 324 Å². The second-order valence-corrected chi connectivity index (χ2v) is 22.9. The third kappa shape index (κ3) is 28.8. The molecule has 0 aromatic carbocycles. The Hall–Kier alpha value is -1.99. The third-order valence-corrected chi connectivity index (χ3v) is 15.9. The van der Waals surface area contributed by atoms with Gasteiger partial charge in [-0.3, -0.25) is 4.79 Å². The first-order chi connectivity index (χ1) is 39.3. The summed E-state index contributed by atoms with van der Waals surface area (Å²) in [6.07, 6.45) is 23.5. The van der Waals surface area contributed by atoms with E-state index in [1.807, 2.05) is 6.08 Å². The first-order valence-corrected chi connectivity index (χ1v) is 31.7. The SMILES string of the molecule is CCC/C=C/CC/C=C/C(O)C(COC1OC(CO)C(OC2OC(CO)C(OC3OC(CO)C(O)C(O)C3O)C(O)C2O)C(O)C1O)NC(=O)CCCCCCCCCCCCCCCCCCC/C=C\CCCCCCCCCC. The average molecular weight is 1160 g/mol. The normalized spacial score (nSPS) is 30.0. The molecule has 19 heteroatoms. The lowest BCUT2D eigenvalue weighted by Crippen LogP contribution is -2.66. The molecule has 0 aliphatic carbocycles. The maximum atomic E-state index is 13.3. The predicted molar refractivity (Wildman–Crippen MR) is 309 cm³/mol. The lowest BCUT2D eigenvalue weighted by molar-refractivity contribution is -0.379. The summed E-state index contributed by atoms with van der Waals surface area (Å²) in [6.45, 7) is 1.58. The van der Waals surface area contributed by atoms with Gasteiger partial charge in [-0.15, -0.1) is 0 Å². The molecular formula is C62H113NO18. The van der Waals surface area contributed by atoms with Crippen molar-refractivity contribution in [2.75, 3.05) is 26.4 Å². The van der Waals surface area contributed by atoms with Crippen LogP contribution in [0.25, 0.3) is 0 Å². The topological polar surface area (TPSA) is 307 Å². The van der Waals surface area contributed by atoms with Gasteiger partial charge in [0.2, 0.25) is 5.91 Å². The molecule has 1 amide bonds. The van der Waals surface area contributed by atoms with E-state index in [-0.39, 0.29) is 18.9 Å². The van der Waals surface area contributed by atoms with E-state index in [4.69, 9.17) is 28.4 Å². The third-order valence-electron chi connectivity index (χ3n) is 15.9. The van der Waals surface area contributed by atoms with Crippen molar-refractivity contribution in [3.63, 3.8) is 0 Å². The summed E-state index contributed by atoms with van der Waals surface area (Å²) >= 11 is 0. The van der Waals surface area contributed by atoms with E-state index in [1.54, 1.807) is 6.08 Å². The van der Waals surface area contributed by atoms with Gasteiger partial charge >= 0.3 is 0 Å². The summed E-state index contributed by atoms with van der Waals surface area (Å²) in [6, 6.07) is -0.985. The number of hydrogen-bond donors (Lipinski definition) is 12. The fourth-order valence-electron chi connectivity index (χ4n) is 10.7. The zero-order valence-electron chi connectivity index (χ0n) is 49.5. The van der Waals surface area contributed by atoms with Gasteiger partial charge in [-0.2, -0.15) is 0 Å². The summed E-state index contributed by atoms with van der Waals surface area (Å²) in [7, 11) is 0. The summed E-state index contributed by atoms with van der Waals surface area (Å²) in [5.41, 5.74) is 0. The molecule has 3 aliphatic heterocycles. The summed E-state index contributed by atoms with van der Waals surface area (Å²) in [4.78, 5) is 13.3. The summed E-state index contributed by atoms with van der Waals surface area (Å²) in [5, 5.41) is 120. The zero-order valence-corrected chi connectivity index (χ0v) is 49.5. The predicted octanol–water partition coefficient (Wildman–Crippen LogP) is 6.49. The fraction of sp³-hybridized carbons (Fsp3) is 0.887. The number of rotatable bonds is 47. The molecule has 0 saturated carbocycles. The van der Waals surface area contributed by atoms with Gasteiger partial charge in [0, 0.05) is 6.42 Å². The van der Waals surface area contributed by atoms with Gasteiger partial charge in [-0.05, 0) is 51.4 Å². The second kappa shape index (κ2) is 45.3. The minimum atomic E-state index is -1.98. The largest absolute Gasteiger partial charge is 0.394 e. The molecule has 3 fully saturated rings. The molecule has 3 saturated heterocycles. The van der Waals surface area contributed by atoms with Crippen LogP contribution in [0.3, 0.4) is 0 Å². The van der Waals surface area contributed by atoms with Crippen LogP contribution in [0.4, 0.5) is 0 Å². The van der Waals surface area contributed by atoms with Crippen molar-refractivity contribution >= 4 is 5.91 Å². The number of nitrogens with one attached hydrogen (secondary N) is 1. The Morgan fingerprint density at radius 3 is 1.28 bits per heavy atom.